The minimum Gasteiger partial charge on any atom is -0.356 e. The third kappa shape index (κ3) is 3.26. The maximum absolute atomic E-state index is 6.29. The number of hydrogen-bond acceptors (Lipinski definition) is 3. The fraction of sp³-hybridized carbons (Fsp3) is 0.235. The molecule has 0 bridgehead atoms. The fourth-order valence-electron chi connectivity index (χ4n) is 2.59. The van der Waals surface area contributed by atoms with E-state index in [-0.39, 0.29) is 24.4 Å². The van der Waals surface area contributed by atoms with Gasteiger partial charge in [-0.1, -0.05) is 54.5 Å². The van der Waals surface area contributed by atoms with Gasteiger partial charge in [0.05, 0.1) is 5.69 Å². The minimum atomic E-state index is 0. The Balaban J connectivity index is 0.00000161. The Morgan fingerprint density at radius 2 is 1.71 bits per heavy atom. The molecule has 0 saturated carbocycles. The van der Waals surface area contributed by atoms with Crippen molar-refractivity contribution in [2.45, 2.75) is 25.3 Å². The first-order valence-electron chi connectivity index (χ1n) is 6.90. The zero-order valence-corrected chi connectivity index (χ0v) is 12.7. The highest BCUT2D eigenvalue weighted by molar-refractivity contribution is 5.85. The molecule has 0 spiro atoms. The predicted molar refractivity (Wildman–Crippen MR) is 87.7 cm³/mol. The topological polar surface area (TPSA) is 52.0 Å². The summed E-state index contributed by atoms with van der Waals surface area (Å²) in [5.74, 6) is 0.258. The maximum atomic E-state index is 6.29. The molecule has 0 radical (unpaired) electrons. The molecule has 1 heterocycles. The molecule has 0 saturated heterocycles. The third-order valence-electron chi connectivity index (χ3n) is 3.71. The summed E-state index contributed by atoms with van der Waals surface area (Å²) in [4.78, 5) is 0. The van der Waals surface area contributed by atoms with Crippen LogP contribution in [0.2, 0.25) is 0 Å². The van der Waals surface area contributed by atoms with Crippen LogP contribution in [0.5, 0.6) is 0 Å². The highest BCUT2D eigenvalue weighted by Gasteiger charge is 2.18. The van der Waals surface area contributed by atoms with Crippen LogP contribution in [-0.4, -0.2) is 5.16 Å². The summed E-state index contributed by atoms with van der Waals surface area (Å²) in [6.45, 7) is 2.15. The zero-order valence-electron chi connectivity index (χ0n) is 11.9. The summed E-state index contributed by atoms with van der Waals surface area (Å²) in [6, 6.07) is 18.1. The monoisotopic (exact) mass is 302 g/mol. The number of nitrogens with two attached hydrogens (primary N) is 1. The highest BCUT2D eigenvalue weighted by atomic mass is 35.5. The molecule has 1 aromatic heterocycles. The molecule has 0 aliphatic rings. The van der Waals surface area contributed by atoms with Crippen LogP contribution >= 0.6 is 12.4 Å². The Labute approximate surface area is 130 Å². The molecule has 4 heteroatoms. The second-order valence-corrected chi connectivity index (χ2v) is 5.22. The first-order chi connectivity index (χ1) is 9.75. The molecule has 2 atom stereocenters. The first-order valence-corrected chi connectivity index (χ1v) is 6.90. The lowest BCUT2D eigenvalue weighted by molar-refractivity contribution is 0.431. The van der Waals surface area contributed by atoms with Crippen molar-refractivity contribution in [1.29, 1.82) is 0 Å². The quantitative estimate of drug-likeness (QED) is 0.775. The van der Waals surface area contributed by atoms with Crippen LogP contribution in [0.25, 0.3) is 11.0 Å². The standard InChI is InChI=1S/C17H18N2O.ClH/c1-12(11-15(18)13-7-3-2-4-8-13)17-14-9-5-6-10-16(14)20-19-17;/h2-10,12,15H,11,18H2,1H3;1H. The van der Waals surface area contributed by atoms with E-state index in [1.165, 1.54) is 0 Å². The van der Waals surface area contributed by atoms with Gasteiger partial charge in [-0.2, -0.15) is 0 Å². The van der Waals surface area contributed by atoms with Crippen molar-refractivity contribution < 1.29 is 4.52 Å². The second-order valence-electron chi connectivity index (χ2n) is 5.22. The van der Waals surface area contributed by atoms with E-state index in [4.69, 9.17) is 10.3 Å². The predicted octanol–water partition coefficient (Wildman–Crippen LogP) is 4.44. The van der Waals surface area contributed by atoms with Crippen LogP contribution in [0.15, 0.2) is 59.1 Å². The van der Waals surface area contributed by atoms with E-state index in [2.05, 4.69) is 24.2 Å². The Hall–Kier alpha value is -1.84. The van der Waals surface area contributed by atoms with Gasteiger partial charge in [0.15, 0.2) is 5.58 Å². The second kappa shape index (κ2) is 6.74. The van der Waals surface area contributed by atoms with Crippen molar-refractivity contribution >= 4 is 23.4 Å². The SMILES string of the molecule is CC(CC(N)c1ccccc1)c1noc2ccccc12.Cl. The number of para-hydroxylation sites is 1. The van der Waals surface area contributed by atoms with Crippen LogP contribution in [0.1, 0.15) is 36.6 Å². The van der Waals surface area contributed by atoms with Gasteiger partial charge in [0.2, 0.25) is 0 Å². The van der Waals surface area contributed by atoms with Crippen LogP contribution < -0.4 is 5.73 Å². The molecule has 0 amide bonds. The molecule has 3 aromatic rings. The van der Waals surface area contributed by atoms with Crippen LogP contribution in [-0.2, 0) is 0 Å². The summed E-state index contributed by atoms with van der Waals surface area (Å²) in [5.41, 5.74) is 9.28. The molecule has 110 valence electrons. The Bertz CT molecular complexity index is 696. The summed E-state index contributed by atoms with van der Waals surface area (Å²) >= 11 is 0. The molecule has 2 unspecified atom stereocenters. The molecule has 0 aliphatic heterocycles. The summed E-state index contributed by atoms with van der Waals surface area (Å²) < 4.78 is 5.37. The smallest absolute Gasteiger partial charge is 0.167 e. The van der Waals surface area contributed by atoms with Gasteiger partial charge in [-0.25, -0.2) is 0 Å². The lowest BCUT2D eigenvalue weighted by Gasteiger charge is -2.16. The van der Waals surface area contributed by atoms with Crippen molar-refractivity contribution in [2.24, 2.45) is 5.73 Å². The van der Waals surface area contributed by atoms with E-state index in [1.54, 1.807) is 0 Å². The number of halogens is 1. The van der Waals surface area contributed by atoms with E-state index >= 15 is 0 Å². The van der Waals surface area contributed by atoms with Crippen molar-refractivity contribution in [3.05, 3.63) is 65.9 Å². The van der Waals surface area contributed by atoms with Crippen molar-refractivity contribution in [3.63, 3.8) is 0 Å². The van der Waals surface area contributed by atoms with E-state index in [9.17, 15) is 0 Å². The highest BCUT2D eigenvalue weighted by Crippen LogP contribution is 2.30. The maximum Gasteiger partial charge on any atom is 0.167 e. The van der Waals surface area contributed by atoms with Gasteiger partial charge < -0.3 is 10.3 Å². The van der Waals surface area contributed by atoms with E-state index < -0.39 is 0 Å². The number of hydrogen-bond donors (Lipinski definition) is 1. The van der Waals surface area contributed by atoms with Gasteiger partial charge in [0.25, 0.3) is 0 Å². The van der Waals surface area contributed by atoms with Crippen molar-refractivity contribution in [3.8, 4) is 0 Å². The average Bonchev–Trinajstić information content (AvgIpc) is 2.92. The molecule has 0 aliphatic carbocycles. The first kappa shape index (κ1) is 15.5. The molecule has 0 fully saturated rings. The zero-order chi connectivity index (χ0) is 13.9. The minimum absolute atomic E-state index is 0. The number of rotatable bonds is 4. The Kier molecular flexibility index (Phi) is 4.99. The number of nitrogens with zero attached hydrogens (tertiary/aromatic N) is 1. The van der Waals surface area contributed by atoms with Gasteiger partial charge in [-0.05, 0) is 24.1 Å². The summed E-state index contributed by atoms with van der Waals surface area (Å²) in [6.07, 6.45) is 0.848. The van der Waals surface area contributed by atoms with Gasteiger partial charge in [-0.3, -0.25) is 0 Å². The molecule has 3 rings (SSSR count). The summed E-state index contributed by atoms with van der Waals surface area (Å²) in [7, 11) is 0. The molecule has 2 aromatic carbocycles. The van der Waals surface area contributed by atoms with Gasteiger partial charge >= 0.3 is 0 Å². The molecular weight excluding hydrogens is 284 g/mol. The number of fused-ring (bicyclic) bond motifs is 1. The number of aromatic nitrogens is 1. The molecule has 3 nitrogen and oxygen atoms in total. The largest absolute Gasteiger partial charge is 0.356 e. The van der Waals surface area contributed by atoms with Gasteiger partial charge in [0.1, 0.15) is 0 Å². The number of benzene rings is 2. The van der Waals surface area contributed by atoms with E-state index in [0.717, 1.165) is 28.6 Å². The van der Waals surface area contributed by atoms with Crippen molar-refractivity contribution in [1.82, 2.24) is 5.16 Å². The summed E-state index contributed by atoms with van der Waals surface area (Å²) in [5, 5.41) is 5.29. The normalized spacial score (nSPS) is 13.6. The molecule has 21 heavy (non-hydrogen) atoms. The lowest BCUT2D eigenvalue weighted by atomic mass is 9.93. The average molecular weight is 303 g/mol. The Morgan fingerprint density at radius 1 is 1.05 bits per heavy atom. The van der Waals surface area contributed by atoms with E-state index in [1.807, 2.05) is 42.5 Å². The molecule has 2 N–H and O–H groups in total. The van der Waals surface area contributed by atoms with Crippen molar-refractivity contribution in [2.75, 3.05) is 0 Å². The van der Waals surface area contributed by atoms with Crippen LogP contribution in [0.4, 0.5) is 0 Å². The van der Waals surface area contributed by atoms with Crippen LogP contribution in [0.3, 0.4) is 0 Å². The molecular formula is C17H19ClN2O. The van der Waals surface area contributed by atoms with Gasteiger partial charge in [0, 0.05) is 17.3 Å². The Morgan fingerprint density at radius 3 is 2.48 bits per heavy atom. The lowest BCUT2D eigenvalue weighted by Crippen LogP contribution is -2.13. The van der Waals surface area contributed by atoms with E-state index in [0.29, 0.717) is 0 Å². The van der Waals surface area contributed by atoms with Crippen LogP contribution in [0, 0.1) is 0 Å². The third-order valence-corrected chi connectivity index (χ3v) is 3.71. The van der Waals surface area contributed by atoms with Gasteiger partial charge in [-0.15, -0.1) is 12.4 Å². The fourth-order valence-corrected chi connectivity index (χ4v) is 2.59.